The van der Waals surface area contributed by atoms with Crippen LogP contribution in [0.1, 0.15) is 28.9 Å². The summed E-state index contributed by atoms with van der Waals surface area (Å²) in [6.07, 6.45) is 5.14. The van der Waals surface area contributed by atoms with Crippen molar-refractivity contribution >= 4 is 29.3 Å². The lowest BCUT2D eigenvalue weighted by Gasteiger charge is -2.16. The first-order valence-electron chi connectivity index (χ1n) is 11.4. The van der Waals surface area contributed by atoms with Crippen LogP contribution in [0.2, 0.25) is 0 Å². The van der Waals surface area contributed by atoms with Crippen molar-refractivity contribution in [1.82, 2.24) is 25.1 Å². The van der Waals surface area contributed by atoms with Gasteiger partial charge >= 0.3 is 0 Å². The van der Waals surface area contributed by atoms with Gasteiger partial charge in [0.15, 0.2) is 11.0 Å². The summed E-state index contributed by atoms with van der Waals surface area (Å²) in [5, 5.41) is 15.0. The summed E-state index contributed by atoms with van der Waals surface area (Å²) in [6.45, 7) is 6.23. The Morgan fingerprint density at radius 2 is 1.75 bits per heavy atom. The molecule has 1 atom stereocenters. The van der Waals surface area contributed by atoms with E-state index in [2.05, 4.69) is 32.4 Å². The van der Waals surface area contributed by atoms with Crippen molar-refractivity contribution in [2.75, 3.05) is 11.1 Å². The summed E-state index contributed by atoms with van der Waals surface area (Å²) in [7, 11) is 0. The molecular weight excluding hydrogens is 472 g/mol. The first kappa shape index (κ1) is 24.9. The fourth-order valence-corrected chi connectivity index (χ4v) is 4.36. The van der Waals surface area contributed by atoms with Crippen molar-refractivity contribution in [2.45, 2.75) is 24.7 Å². The number of thioether (sulfide) groups is 1. The van der Waals surface area contributed by atoms with Crippen LogP contribution in [0.3, 0.4) is 0 Å². The molecule has 2 aromatic carbocycles. The molecule has 0 saturated heterocycles. The average Bonchev–Trinajstić information content (AvgIpc) is 3.31. The van der Waals surface area contributed by atoms with Crippen LogP contribution < -0.4 is 10.6 Å². The van der Waals surface area contributed by atoms with Gasteiger partial charge < -0.3 is 10.6 Å². The van der Waals surface area contributed by atoms with Gasteiger partial charge in [0.05, 0.1) is 23.0 Å². The van der Waals surface area contributed by atoms with Gasteiger partial charge in [-0.3, -0.25) is 19.1 Å². The first-order chi connectivity index (χ1) is 17.6. The Balaban J connectivity index is 1.42. The highest BCUT2D eigenvalue weighted by Crippen LogP contribution is 2.24. The lowest BCUT2D eigenvalue weighted by Crippen LogP contribution is -2.28. The molecule has 1 unspecified atom stereocenters. The summed E-state index contributed by atoms with van der Waals surface area (Å²) < 4.78 is 1.90. The highest BCUT2D eigenvalue weighted by Gasteiger charge is 2.18. The molecule has 4 aromatic rings. The van der Waals surface area contributed by atoms with Crippen LogP contribution in [0.15, 0.2) is 96.9 Å². The summed E-state index contributed by atoms with van der Waals surface area (Å²) in [6, 6.07) is 20.2. The summed E-state index contributed by atoms with van der Waals surface area (Å²) in [4.78, 5) is 29.8. The Morgan fingerprint density at radius 3 is 2.50 bits per heavy atom. The highest BCUT2D eigenvalue weighted by molar-refractivity contribution is 7.99. The second kappa shape index (κ2) is 11.9. The number of anilines is 1. The summed E-state index contributed by atoms with van der Waals surface area (Å²) >= 11 is 1.27. The average molecular weight is 499 g/mol. The Kier molecular flexibility index (Phi) is 8.25. The van der Waals surface area contributed by atoms with Gasteiger partial charge in [-0.05, 0) is 36.8 Å². The van der Waals surface area contributed by atoms with E-state index in [4.69, 9.17) is 0 Å². The van der Waals surface area contributed by atoms with Crippen LogP contribution in [0.25, 0.3) is 11.4 Å². The molecule has 0 saturated carbocycles. The van der Waals surface area contributed by atoms with Gasteiger partial charge in [-0.15, -0.1) is 16.8 Å². The first-order valence-corrected chi connectivity index (χ1v) is 12.4. The number of aromatic nitrogens is 4. The Labute approximate surface area is 213 Å². The predicted octanol–water partition coefficient (Wildman–Crippen LogP) is 4.75. The van der Waals surface area contributed by atoms with Crippen molar-refractivity contribution in [2.24, 2.45) is 0 Å². The topological polar surface area (TPSA) is 102 Å². The Hall–Kier alpha value is -4.24. The van der Waals surface area contributed by atoms with E-state index in [1.165, 1.54) is 11.8 Å². The molecule has 36 heavy (non-hydrogen) atoms. The largest absolute Gasteiger partial charge is 0.345 e. The van der Waals surface area contributed by atoms with Gasteiger partial charge in [0.1, 0.15) is 0 Å². The van der Waals surface area contributed by atoms with Gasteiger partial charge in [0.2, 0.25) is 5.91 Å². The minimum absolute atomic E-state index is 0.0992. The number of benzene rings is 2. The molecule has 0 radical (unpaired) electrons. The molecule has 2 N–H and O–H groups in total. The number of hydrogen-bond donors (Lipinski definition) is 2. The van der Waals surface area contributed by atoms with E-state index in [1.807, 2.05) is 54.0 Å². The number of amides is 2. The van der Waals surface area contributed by atoms with Gasteiger partial charge in [0.25, 0.3) is 5.91 Å². The maximum atomic E-state index is 13.0. The molecular formula is C27H26N6O2S. The molecule has 2 amide bonds. The lowest BCUT2D eigenvalue weighted by molar-refractivity contribution is -0.113. The van der Waals surface area contributed by atoms with E-state index in [0.29, 0.717) is 28.8 Å². The standard InChI is InChI=1S/C27H26N6O2S/c1-3-17-33-25(21-13-15-28-16-14-21)31-32-27(33)36-18-24(34)30-23-12-8-7-11-22(23)26(35)29-19(2)20-9-5-4-6-10-20/h3-16,19H,1,17-18H2,2H3,(H,29,35)(H,30,34). The molecule has 2 heterocycles. The van der Waals surface area contributed by atoms with Gasteiger partial charge in [-0.1, -0.05) is 60.3 Å². The molecule has 182 valence electrons. The molecule has 0 fully saturated rings. The van der Waals surface area contributed by atoms with Gasteiger partial charge in [0, 0.05) is 24.5 Å². The SMILES string of the molecule is C=CCn1c(SCC(=O)Nc2ccccc2C(=O)NC(C)c2ccccc2)nnc1-c1ccncc1. The quantitative estimate of drug-likeness (QED) is 0.242. The van der Waals surface area contributed by atoms with Crippen molar-refractivity contribution in [1.29, 1.82) is 0 Å². The molecule has 0 aliphatic rings. The third-order valence-corrected chi connectivity index (χ3v) is 6.36. The fourth-order valence-electron chi connectivity index (χ4n) is 3.61. The number of allylic oxidation sites excluding steroid dienone is 1. The predicted molar refractivity (Wildman–Crippen MR) is 142 cm³/mol. The molecule has 9 heteroatoms. The van der Waals surface area contributed by atoms with E-state index in [-0.39, 0.29) is 23.6 Å². The molecule has 0 spiro atoms. The smallest absolute Gasteiger partial charge is 0.253 e. The van der Waals surface area contributed by atoms with Crippen LogP contribution in [-0.4, -0.2) is 37.3 Å². The molecule has 2 aromatic heterocycles. The summed E-state index contributed by atoms with van der Waals surface area (Å²) in [5.41, 5.74) is 2.72. The molecule has 4 rings (SSSR count). The molecule has 8 nitrogen and oxygen atoms in total. The summed E-state index contributed by atoms with van der Waals surface area (Å²) in [5.74, 6) is 0.259. The normalized spacial score (nSPS) is 11.5. The number of carbonyl (C=O) groups excluding carboxylic acids is 2. The monoisotopic (exact) mass is 498 g/mol. The molecule has 0 bridgehead atoms. The number of rotatable bonds is 10. The molecule has 0 aliphatic carbocycles. The minimum Gasteiger partial charge on any atom is -0.345 e. The molecule has 0 aliphatic heterocycles. The van der Waals surface area contributed by atoms with Crippen LogP contribution in [0.5, 0.6) is 0 Å². The number of pyridine rings is 1. The number of para-hydroxylation sites is 1. The number of hydrogen-bond acceptors (Lipinski definition) is 6. The fraction of sp³-hybridized carbons (Fsp3) is 0.148. The van der Waals surface area contributed by atoms with Gasteiger partial charge in [-0.25, -0.2) is 0 Å². The Bertz CT molecular complexity index is 1340. The van der Waals surface area contributed by atoms with Gasteiger partial charge in [-0.2, -0.15) is 0 Å². The van der Waals surface area contributed by atoms with Crippen LogP contribution in [-0.2, 0) is 11.3 Å². The zero-order valence-corrected chi connectivity index (χ0v) is 20.6. The third kappa shape index (κ3) is 6.05. The van der Waals surface area contributed by atoms with Crippen LogP contribution >= 0.6 is 11.8 Å². The number of nitrogens with one attached hydrogen (secondary N) is 2. The lowest BCUT2D eigenvalue weighted by atomic mass is 10.1. The van der Waals surface area contributed by atoms with Crippen LogP contribution in [0.4, 0.5) is 5.69 Å². The zero-order chi connectivity index (χ0) is 25.3. The minimum atomic E-state index is -0.261. The van der Waals surface area contributed by atoms with E-state index >= 15 is 0 Å². The number of carbonyl (C=O) groups is 2. The third-order valence-electron chi connectivity index (χ3n) is 5.39. The second-order valence-electron chi connectivity index (χ2n) is 7.93. The van der Waals surface area contributed by atoms with E-state index in [1.54, 1.807) is 42.7 Å². The van der Waals surface area contributed by atoms with Crippen molar-refractivity contribution in [3.63, 3.8) is 0 Å². The van der Waals surface area contributed by atoms with Crippen molar-refractivity contribution in [3.05, 3.63) is 103 Å². The second-order valence-corrected chi connectivity index (χ2v) is 8.87. The van der Waals surface area contributed by atoms with E-state index in [9.17, 15) is 9.59 Å². The Morgan fingerprint density at radius 1 is 1.03 bits per heavy atom. The van der Waals surface area contributed by atoms with Crippen molar-refractivity contribution < 1.29 is 9.59 Å². The zero-order valence-electron chi connectivity index (χ0n) is 19.8. The maximum absolute atomic E-state index is 13.0. The number of nitrogens with zero attached hydrogens (tertiary/aromatic N) is 4. The van der Waals surface area contributed by atoms with E-state index < -0.39 is 0 Å². The highest BCUT2D eigenvalue weighted by atomic mass is 32.2. The van der Waals surface area contributed by atoms with E-state index in [0.717, 1.165) is 11.1 Å². The van der Waals surface area contributed by atoms with Crippen molar-refractivity contribution in [3.8, 4) is 11.4 Å². The van der Waals surface area contributed by atoms with Crippen LogP contribution in [0, 0.1) is 0 Å². The maximum Gasteiger partial charge on any atom is 0.253 e.